The minimum atomic E-state index is 0.441. The van der Waals surface area contributed by atoms with Crippen molar-refractivity contribution in [1.29, 1.82) is 0 Å². The van der Waals surface area contributed by atoms with E-state index in [4.69, 9.17) is 12.2 Å². The second-order valence-corrected chi connectivity index (χ2v) is 2.57. The molecule has 0 amide bonds. The Labute approximate surface area is 67.6 Å². The number of hydrogen-bond donors (Lipinski definition) is 1. The molecule has 0 aromatic carbocycles. The standard InChI is InChI=1S/C7H5BrN2/c1-2-6-5(8)3-4-7(9)10-6/h1,3-4H,(H2,9,10). The first-order chi connectivity index (χ1) is 4.74. The molecule has 0 atom stereocenters. The van der Waals surface area contributed by atoms with E-state index in [0.717, 1.165) is 4.47 Å². The molecule has 0 saturated heterocycles. The molecule has 2 N–H and O–H groups in total. The molecule has 50 valence electrons. The van der Waals surface area contributed by atoms with Crippen LogP contribution in [0.15, 0.2) is 16.6 Å². The van der Waals surface area contributed by atoms with Gasteiger partial charge in [0.25, 0.3) is 0 Å². The minimum Gasteiger partial charge on any atom is -0.384 e. The van der Waals surface area contributed by atoms with Crippen molar-refractivity contribution < 1.29 is 0 Å². The number of halogens is 1. The average Bonchev–Trinajstić information content (AvgIpc) is 1.94. The van der Waals surface area contributed by atoms with E-state index in [1.54, 1.807) is 12.1 Å². The zero-order valence-electron chi connectivity index (χ0n) is 5.13. The van der Waals surface area contributed by atoms with Gasteiger partial charge in [-0.05, 0) is 34.0 Å². The molecule has 1 aromatic rings. The van der Waals surface area contributed by atoms with Crippen LogP contribution < -0.4 is 5.73 Å². The number of nitrogen functional groups attached to an aromatic ring is 1. The topological polar surface area (TPSA) is 38.9 Å². The second kappa shape index (κ2) is 2.72. The summed E-state index contributed by atoms with van der Waals surface area (Å²) in [5.41, 5.74) is 5.92. The maximum atomic E-state index is 5.38. The first-order valence-corrected chi connectivity index (χ1v) is 3.42. The fraction of sp³-hybridized carbons (Fsp3) is 0. The maximum absolute atomic E-state index is 5.38. The van der Waals surface area contributed by atoms with Crippen LogP contribution in [0.2, 0.25) is 0 Å². The molecule has 0 aliphatic carbocycles. The lowest BCUT2D eigenvalue weighted by atomic mass is 10.3. The van der Waals surface area contributed by atoms with Gasteiger partial charge in [0.05, 0.1) is 4.47 Å². The molecule has 1 aromatic heterocycles. The molecule has 1 rings (SSSR count). The van der Waals surface area contributed by atoms with Gasteiger partial charge in [-0.1, -0.05) is 0 Å². The highest BCUT2D eigenvalue weighted by atomic mass is 79.9. The number of terminal acetylenes is 1. The molecular formula is C7H5BrN2. The number of aromatic nitrogens is 1. The van der Waals surface area contributed by atoms with Crippen LogP contribution >= 0.6 is 15.9 Å². The van der Waals surface area contributed by atoms with E-state index in [9.17, 15) is 0 Å². The second-order valence-electron chi connectivity index (χ2n) is 1.71. The van der Waals surface area contributed by atoms with Crippen molar-refractivity contribution in [2.45, 2.75) is 0 Å². The molecular weight excluding hydrogens is 192 g/mol. The van der Waals surface area contributed by atoms with Gasteiger partial charge >= 0.3 is 0 Å². The predicted molar refractivity (Wildman–Crippen MR) is 44.3 cm³/mol. The summed E-state index contributed by atoms with van der Waals surface area (Å²) in [4.78, 5) is 3.89. The number of pyridine rings is 1. The van der Waals surface area contributed by atoms with Crippen LogP contribution in [0.3, 0.4) is 0 Å². The van der Waals surface area contributed by atoms with Gasteiger partial charge in [0.15, 0.2) is 0 Å². The first-order valence-electron chi connectivity index (χ1n) is 2.62. The minimum absolute atomic E-state index is 0.441. The van der Waals surface area contributed by atoms with Crippen molar-refractivity contribution in [2.24, 2.45) is 0 Å². The highest BCUT2D eigenvalue weighted by Gasteiger charge is 1.96. The molecule has 2 nitrogen and oxygen atoms in total. The fourth-order valence-corrected chi connectivity index (χ4v) is 0.894. The highest BCUT2D eigenvalue weighted by Crippen LogP contribution is 2.14. The van der Waals surface area contributed by atoms with Gasteiger partial charge in [-0.25, -0.2) is 4.98 Å². The van der Waals surface area contributed by atoms with Gasteiger partial charge in [-0.2, -0.15) is 0 Å². The average molecular weight is 197 g/mol. The largest absolute Gasteiger partial charge is 0.384 e. The quantitative estimate of drug-likeness (QED) is 0.638. The third-order valence-electron chi connectivity index (χ3n) is 1.00. The number of nitrogens with two attached hydrogens (primary N) is 1. The van der Waals surface area contributed by atoms with E-state index in [0.29, 0.717) is 11.5 Å². The molecule has 0 aliphatic rings. The fourth-order valence-electron chi connectivity index (χ4n) is 0.558. The van der Waals surface area contributed by atoms with Crippen molar-refractivity contribution in [3.8, 4) is 12.3 Å². The molecule has 1 heterocycles. The third-order valence-corrected chi connectivity index (χ3v) is 1.64. The lowest BCUT2D eigenvalue weighted by Crippen LogP contribution is -1.92. The predicted octanol–water partition coefficient (Wildman–Crippen LogP) is 1.41. The Balaban J connectivity index is 3.25. The van der Waals surface area contributed by atoms with Gasteiger partial charge in [0.1, 0.15) is 11.5 Å². The Morgan fingerprint density at radius 3 is 2.80 bits per heavy atom. The summed E-state index contributed by atoms with van der Waals surface area (Å²) in [7, 11) is 0. The van der Waals surface area contributed by atoms with Gasteiger partial charge in [0, 0.05) is 0 Å². The SMILES string of the molecule is C#Cc1nc(N)ccc1Br. The van der Waals surface area contributed by atoms with E-state index in [-0.39, 0.29) is 0 Å². The zero-order chi connectivity index (χ0) is 7.56. The maximum Gasteiger partial charge on any atom is 0.129 e. The molecule has 0 radical (unpaired) electrons. The Morgan fingerprint density at radius 1 is 1.60 bits per heavy atom. The summed E-state index contributed by atoms with van der Waals surface area (Å²) < 4.78 is 0.796. The van der Waals surface area contributed by atoms with E-state index in [1.807, 2.05) is 0 Å². The number of anilines is 1. The lowest BCUT2D eigenvalue weighted by molar-refractivity contribution is 1.28. The first kappa shape index (κ1) is 7.10. The van der Waals surface area contributed by atoms with Crippen molar-refractivity contribution in [3.63, 3.8) is 0 Å². The monoisotopic (exact) mass is 196 g/mol. The van der Waals surface area contributed by atoms with Crippen molar-refractivity contribution in [3.05, 3.63) is 22.3 Å². The Morgan fingerprint density at radius 2 is 2.30 bits per heavy atom. The summed E-state index contributed by atoms with van der Waals surface area (Å²) in [6, 6.07) is 3.46. The molecule has 0 saturated carbocycles. The van der Waals surface area contributed by atoms with Gasteiger partial charge in [0.2, 0.25) is 0 Å². The summed E-state index contributed by atoms with van der Waals surface area (Å²) >= 11 is 3.23. The number of hydrogen-bond acceptors (Lipinski definition) is 2. The van der Waals surface area contributed by atoms with Gasteiger partial charge in [-0.3, -0.25) is 0 Å². The van der Waals surface area contributed by atoms with Crippen LogP contribution in [0.25, 0.3) is 0 Å². The molecule has 0 aliphatic heterocycles. The van der Waals surface area contributed by atoms with Gasteiger partial charge in [-0.15, -0.1) is 6.42 Å². The smallest absolute Gasteiger partial charge is 0.129 e. The number of nitrogens with zero attached hydrogens (tertiary/aromatic N) is 1. The molecule has 10 heavy (non-hydrogen) atoms. The lowest BCUT2D eigenvalue weighted by Gasteiger charge is -1.95. The van der Waals surface area contributed by atoms with Crippen LogP contribution in [0.4, 0.5) is 5.82 Å². The van der Waals surface area contributed by atoms with Crippen molar-refractivity contribution in [2.75, 3.05) is 5.73 Å². The highest BCUT2D eigenvalue weighted by molar-refractivity contribution is 9.10. The zero-order valence-corrected chi connectivity index (χ0v) is 6.72. The van der Waals surface area contributed by atoms with Crippen LogP contribution in [0, 0.1) is 12.3 Å². The van der Waals surface area contributed by atoms with Crippen molar-refractivity contribution >= 4 is 21.7 Å². The molecule has 3 heteroatoms. The summed E-state index contributed by atoms with van der Waals surface area (Å²) in [6.07, 6.45) is 5.12. The number of rotatable bonds is 0. The van der Waals surface area contributed by atoms with Crippen LogP contribution in [0.5, 0.6) is 0 Å². The van der Waals surface area contributed by atoms with E-state index < -0.39 is 0 Å². The van der Waals surface area contributed by atoms with E-state index in [1.165, 1.54) is 0 Å². The Hall–Kier alpha value is -1.01. The summed E-state index contributed by atoms with van der Waals surface area (Å²) in [5.74, 6) is 2.84. The van der Waals surface area contributed by atoms with Gasteiger partial charge < -0.3 is 5.73 Å². The normalized spacial score (nSPS) is 8.80. The van der Waals surface area contributed by atoms with Crippen LogP contribution in [-0.4, -0.2) is 4.98 Å². The molecule has 0 unspecified atom stereocenters. The van der Waals surface area contributed by atoms with Crippen molar-refractivity contribution in [1.82, 2.24) is 4.98 Å². The molecule has 0 bridgehead atoms. The third kappa shape index (κ3) is 1.28. The molecule has 0 fully saturated rings. The van der Waals surface area contributed by atoms with Crippen LogP contribution in [-0.2, 0) is 0 Å². The van der Waals surface area contributed by atoms with Crippen LogP contribution in [0.1, 0.15) is 5.69 Å². The Kier molecular flexibility index (Phi) is 1.93. The Bertz CT molecular complexity index is 288. The summed E-state index contributed by atoms with van der Waals surface area (Å²) in [6.45, 7) is 0. The van der Waals surface area contributed by atoms with E-state index >= 15 is 0 Å². The molecule has 0 spiro atoms. The summed E-state index contributed by atoms with van der Waals surface area (Å²) in [5, 5.41) is 0. The van der Waals surface area contributed by atoms with E-state index in [2.05, 4.69) is 26.8 Å².